The molecule has 1 N–H and O–H groups in total. The van der Waals surface area contributed by atoms with Crippen molar-refractivity contribution >= 4 is 32.6 Å². The summed E-state index contributed by atoms with van der Waals surface area (Å²) in [5, 5.41) is 6.95. The molecule has 2 heterocycles. The lowest BCUT2D eigenvalue weighted by Gasteiger charge is -2.01. The Labute approximate surface area is 131 Å². The van der Waals surface area contributed by atoms with Crippen molar-refractivity contribution < 1.29 is 14.1 Å². The van der Waals surface area contributed by atoms with Crippen LogP contribution in [0.1, 0.15) is 18.2 Å². The summed E-state index contributed by atoms with van der Waals surface area (Å²) >= 11 is 1.45. The van der Waals surface area contributed by atoms with Crippen LogP contribution in [0.25, 0.3) is 10.2 Å². The van der Waals surface area contributed by atoms with Crippen LogP contribution in [-0.2, 0) is 11.2 Å². The summed E-state index contributed by atoms with van der Waals surface area (Å²) in [4.78, 5) is 16.2. The van der Waals surface area contributed by atoms with Gasteiger partial charge in [0.15, 0.2) is 11.7 Å². The zero-order valence-electron chi connectivity index (χ0n) is 12.3. The third-order valence-electron chi connectivity index (χ3n) is 3.06. The molecule has 3 rings (SSSR count). The van der Waals surface area contributed by atoms with Gasteiger partial charge in [0.2, 0.25) is 0 Å². The molecule has 0 fully saturated rings. The van der Waals surface area contributed by atoms with Gasteiger partial charge in [-0.3, -0.25) is 10.1 Å². The number of thiazole rings is 1. The highest BCUT2D eigenvalue weighted by molar-refractivity contribution is 7.22. The van der Waals surface area contributed by atoms with Crippen LogP contribution in [0.4, 0.5) is 5.13 Å². The first-order valence-corrected chi connectivity index (χ1v) is 7.71. The highest BCUT2D eigenvalue weighted by atomic mass is 32.1. The number of nitrogens with one attached hydrogen (secondary N) is 1. The highest BCUT2D eigenvalue weighted by Crippen LogP contribution is 2.26. The second kappa shape index (κ2) is 6.15. The van der Waals surface area contributed by atoms with Crippen LogP contribution in [0, 0.1) is 6.92 Å². The van der Waals surface area contributed by atoms with Crippen molar-refractivity contribution in [2.75, 3.05) is 11.9 Å². The Hall–Kier alpha value is -2.41. The second-order valence-electron chi connectivity index (χ2n) is 4.79. The third-order valence-corrected chi connectivity index (χ3v) is 4.00. The summed E-state index contributed by atoms with van der Waals surface area (Å²) < 4.78 is 11.1. The summed E-state index contributed by atoms with van der Waals surface area (Å²) in [5.41, 5.74) is 2.13. The largest absolute Gasteiger partial charge is 0.465 e. The van der Waals surface area contributed by atoms with E-state index in [1.165, 1.54) is 16.9 Å². The maximum absolute atomic E-state index is 11.9. The van der Waals surface area contributed by atoms with Crippen LogP contribution in [0.3, 0.4) is 0 Å². The fourth-order valence-corrected chi connectivity index (χ4v) is 2.89. The minimum absolute atomic E-state index is 0.137. The molecule has 0 atom stereocenters. The number of carbonyl (C=O) groups is 1. The average Bonchev–Trinajstić information content (AvgIpc) is 3.09. The molecular formula is C15H15N3O3S. The predicted octanol–water partition coefficient (Wildman–Crippen LogP) is 3.17. The van der Waals surface area contributed by atoms with Crippen molar-refractivity contribution in [3.63, 3.8) is 0 Å². The number of ether oxygens (including phenoxy) is 1. The van der Waals surface area contributed by atoms with E-state index in [9.17, 15) is 4.79 Å². The molecule has 0 aliphatic carbocycles. The molecule has 0 spiro atoms. The van der Waals surface area contributed by atoms with Gasteiger partial charge >= 0.3 is 0 Å². The number of hydrogen-bond acceptors (Lipinski definition) is 6. The summed E-state index contributed by atoms with van der Waals surface area (Å²) in [6.45, 7) is 3.72. The maximum Gasteiger partial charge on any atom is 0.264 e. The van der Waals surface area contributed by atoms with Crippen molar-refractivity contribution in [1.82, 2.24) is 10.1 Å². The Balaban J connectivity index is 1.63. The number of amides is 1. The van der Waals surface area contributed by atoms with Gasteiger partial charge in [0.25, 0.3) is 11.8 Å². The molecule has 0 bridgehead atoms. The van der Waals surface area contributed by atoms with E-state index in [1.807, 2.05) is 12.1 Å². The van der Waals surface area contributed by atoms with Gasteiger partial charge in [-0.2, -0.15) is 0 Å². The van der Waals surface area contributed by atoms with Crippen molar-refractivity contribution in [2.24, 2.45) is 0 Å². The maximum atomic E-state index is 11.9. The summed E-state index contributed by atoms with van der Waals surface area (Å²) in [7, 11) is 0. The van der Waals surface area contributed by atoms with E-state index >= 15 is 0 Å². The Kier molecular flexibility index (Phi) is 4.06. The molecule has 0 saturated heterocycles. The molecule has 0 aliphatic rings. The van der Waals surface area contributed by atoms with Crippen LogP contribution >= 0.6 is 11.3 Å². The summed E-state index contributed by atoms with van der Waals surface area (Å²) in [6, 6.07) is 7.73. The fourth-order valence-electron chi connectivity index (χ4n) is 1.95. The topological polar surface area (TPSA) is 77.2 Å². The zero-order chi connectivity index (χ0) is 15.5. The summed E-state index contributed by atoms with van der Waals surface area (Å²) in [6.07, 6.45) is 0.973. The van der Waals surface area contributed by atoms with Gasteiger partial charge in [-0.25, -0.2) is 4.98 Å². The van der Waals surface area contributed by atoms with Crippen LogP contribution in [0.5, 0.6) is 5.88 Å². The van der Waals surface area contributed by atoms with E-state index in [0.29, 0.717) is 16.8 Å². The van der Waals surface area contributed by atoms with E-state index in [2.05, 4.69) is 28.4 Å². The predicted molar refractivity (Wildman–Crippen MR) is 84.4 cm³/mol. The smallest absolute Gasteiger partial charge is 0.264 e. The normalized spacial score (nSPS) is 10.8. The van der Waals surface area contributed by atoms with Crippen LogP contribution in [0.15, 0.2) is 28.8 Å². The molecule has 1 aromatic carbocycles. The molecule has 6 nitrogen and oxygen atoms in total. The molecule has 22 heavy (non-hydrogen) atoms. The highest BCUT2D eigenvalue weighted by Gasteiger charge is 2.10. The minimum Gasteiger partial charge on any atom is -0.465 e. The van der Waals surface area contributed by atoms with E-state index in [-0.39, 0.29) is 12.5 Å². The number of carbonyl (C=O) groups excluding carboxylic acids is 1. The standard InChI is InChI=1S/C15H15N3O3S/c1-3-10-4-5-11-12(7-10)22-15(16-11)17-13(19)8-20-14-6-9(2)21-18-14/h4-7H,3,8H2,1-2H3,(H,16,17,19). The minimum atomic E-state index is -0.282. The first kappa shape index (κ1) is 14.5. The van der Waals surface area contributed by atoms with Crippen molar-refractivity contribution in [2.45, 2.75) is 20.3 Å². The van der Waals surface area contributed by atoms with Gasteiger partial charge in [-0.1, -0.05) is 24.3 Å². The molecule has 0 saturated carbocycles. The van der Waals surface area contributed by atoms with Crippen molar-refractivity contribution in [1.29, 1.82) is 0 Å². The molecule has 0 aliphatic heterocycles. The van der Waals surface area contributed by atoms with E-state index in [4.69, 9.17) is 9.26 Å². The monoisotopic (exact) mass is 317 g/mol. The first-order chi connectivity index (χ1) is 10.6. The van der Waals surface area contributed by atoms with Gasteiger partial charge in [-0.05, 0) is 36.2 Å². The molecule has 3 aromatic rings. The van der Waals surface area contributed by atoms with Gasteiger partial charge in [-0.15, -0.1) is 0 Å². The lowest BCUT2D eigenvalue weighted by atomic mass is 10.2. The Morgan fingerprint density at radius 2 is 2.27 bits per heavy atom. The van der Waals surface area contributed by atoms with Gasteiger partial charge in [0.1, 0.15) is 5.76 Å². The second-order valence-corrected chi connectivity index (χ2v) is 5.82. The summed E-state index contributed by atoms with van der Waals surface area (Å²) in [5.74, 6) is 0.647. The number of nitrogens with zero attached hydrogens (tertiary/aromatic N) is 2. The van der Waals surface area contributed by atoms with E-state index in [0.717, 1.165) is 16.6 Å². The molecule has 2 aromatic heterocycles. The fraction of sp³-hybridized carbons (Fsp3) is 0.267. The van der Waals surface area contributed by atoms with Crippen LogP contribution < -0.4 is 10.1 Å². The SMILES string of the molecule is CCc1ccc2nc(NC(=O)COc3cc(C)on3)sc2c1. The lowest BCUT2D eigenvalue weighted by molar-refractivity contribution is -0.118. The first-order valence-electron chi connectivity index (χ1n) is 6.89. The molecule has 1 amide bonds. The molecular weight excluding hydrogens is 302 g/mol. The van der Waals surface area contributed by atoms with Gasteiger partial charge < -0.3 is 9.26 Å². The Morgan fingerprint density at radius 3 is 3.00 bits per heavy atom. The number of benzene rings is 1. The number of hydrogen-bond donors (Lipinski definition) is 1. The lowest BCUT2D eigenvalue weighted by Crippen LogP contribution is -2.20. The quantitative estimate of drug-likeness (QED) is 0.782. The molecule has 114 valence electrons. The molecule has 7 heteroatoms. The Morgan fingerprint density at radius 1 is 1.41 bits per heavy atom. The Bertz CT molecular complexity index is 809. The molecule has 0 unspecified atom stereocenters. The van der Waals surface area contributed by atoms with Gasteiger partial charge in [0, 0.05) is 6.07 Å². The zero-order valence-corrected chi connectivity index (χ0v) is 13.1. The van der Waals surface area contributed by atoms with E-state index < -0.39 is 0 Å². The van der Waals surface area contributed by atoms with Crippen LogP contribution in [-0.4, -0.2) is 22.7 Å². The van der Waals surface area contributed by atoms with Crippen LogP contribution in [0.2, 0.25) is 0 Å². The van der Waals surface area contributed by atoms with Crippen molar-refractivity contribution in [3.8, 4) is 5.88 Å². The number of rotatable bonds is 5. The van der Waals surface area contributed by atoms with Crippen molar-refractivity contribution in [3.05, 3.63) is 35.6 Å². The molecule has 0 radical (unpaired) electrons. The average molecular weight is 317 g/mol. The van der Waals surface area contributed by atoms with E-state index in [1.54, 1.807) is 13.0 Å². The number of aromatic nitrogens is 2. The third kappa shape index (κ3) is 3.25. The number of aryl methyl sites for hydroxylation is 2. The number of fused-ring (bicyclic) bond motifs is 1. The number of anilines is 1. The van der Waals surface area contributed by atoms with Gasteiger partial charge in [0.05, 0.1) is 10.2 Å².